The first-order valence-electron chi connectivity index (χ1n) is 10.2. The van der Waals surface area contributed by atoms with Gasteiger partial charge in [0.15, 0.2) is 0 Å². The summed E-state index contributed by atoms with van der Waals surface area (Å²) in [5, 5.41) is -0.287. The van der Waals surface area contributed by atoms with E-state index < -0.39 is 52.2 Å². The maximum Gasteiger partial charge on any atom is 0.416 e. The average molecular weight is 493 g/mol. The number of piperidine rings is 1. The number of halogens is 5. The minimum atomic E-state index is -4.74. The molecule has 6 nitrogen and oxygen atoms in total. The summed E-state index contributed by atoms with van der Waals surface area (Å²) in [7, 11) is 1.34. The molecule has 1 unspecified atom stereocenters. The standard InChI is InChI=1S/C21H25F5N4O2S/c1-12(28-33(32)19(2,3)4)14-10-13(21(24,25)26)11-15-16(14)27-18(29(5)17(15)31)30-8-6-20(22,23)7-9-30/h10-11H,6-9H2,1-5H3. The van der Waals surface area contributed by atoms with Crippen molar-refractivity contribution in [3.8, 4) is 0 Å². The Hall–Kier alpha value is -2.21. The monoisotopic (exact) mass is 492 g/mol. The third-order valence-corrected chi connectivity index (χ3v) is 6.88. The van der Waals surface area contributed by atoms with E-state index >= 15 is 0 Å². The zero-order valence-corrected chi connectivity index (χ0v) is 19.7. The summed E-state index contributed by atoms with van der Waals surface area (Å²) in [6.45, 7) is 6.29. The van der Waals surface area contributed by atoms with E-state index in [0.717, 1.165) is 16.7 Å². The van der Waals surface area contributed by atoms with Gasteiger partial charge >= 0.3 is 6.18 Å². The van der Waals surface area contributed by atoms with Crippen LogP contribution in [-0.4, -0.2) is 43.6 Å². The zero-order chi connectivity index (χ0) is 24.9. The normalized spacial score (nSPS) is 18.6. The SMILES string of the molecule is CC(=N[S+]([O-])C(C)(C)C)c1cc(C(F)(F)F)cc2c(=O)n(C)c(N3CCC(F)(F)CC3)nc12. The van der Waals surface area contributed by atoms with Gasteiger partial charge in [0.2, 0.25) is 5.95 Å². The van der Waals surface area contributed by atoms with Gasteiger partial charge in [-0.2, -0.15) is 13.2 Å². The molecule has 1 atom stereocenters. The van der Waals surface area contributed by atoms with Gasteiger partial charge in [-0.25, -0.2) is 13.8 Å². The van der Waals surface area contributed by atoms with E-state index in [2.05, 4.69) is 9.38 Å². The number of alkyl halides is 5. The Kier molecular flexibility index (Phi) is 6.57. The van der Waals surface area contributed by atoms with Crippen LogP contribution < -0.4 is 10.5 Å². The average Bonchev–Trinajstić information content (AvgIpc) is 2.68. The molecule has 1 saturated heterocycles. The molecule has 12 heteroatoms. The molecule has 1 aliphatic heterocycles. The van der Waals surface area contributed by atoms with Crippen molar-refractivity contribution in [1.82, 2.24) is 9.55 Å². The molecule has 1 fully saturated rings. The lowest BCUT2D eigenvalue weighted by Crippen LogP contribution is -2.42. The van der Waals surface area contributed by atoms with Crippen molar-refractivity contribution in [2.75, 3.05) is 18.0 Å². The Bertz CT molecular complexity index is 1140. The lowest BCUT2D eigenvalue weighted by molar-refractivity contribution is -0.137. The largest absolute Gasteiger partial charge is 0.591 e. The molecule has 2 heterocycles. The second-order valence-corrected chi connectivity index (χ2v) is 11.0. The quantitative estimate of drug-likeness (QED) is 0.360. The first-order valence-corrected chi connectivity index (χ1v) is 11.3. The van der Waals surface area contributed by atoms with Crippen LogP contribution in [0.4, 0.5) is 27.9 Å². The molecule has 1 aromatic heterocycles. The van der Waals surface area contributed by atoms with Crippen molar-refractivity contribution in [2.45, 2.75) is 57.4 Å². The highest BCUT2D eigenvalue weighted by Crippen LogP contribution is 2.34. The third-order valence-electron chi connectivity index (χ3n) is 5.40. The molecule has 1 aromatic carbocycles. The number of anilines is 1. The van der Waals surface area contributed by atoms with Crippen molar-refractivity contribution in [2.24, 2.45) is 11.4 Å². The Morgan fingerprint density at radius 3 is 2.27 bits per heavy atom. The van der Waals surface area contributed by atoms with E-state index in [4.69, 9.17) is 0 Å². The van der Waals surface area contributed by atoms with Crippen LogP contribution in [0.25, 0.3) is 10.9 Å². The number of rotatable bonds is 3. The molecule has 33 heavy (non-hydrogen) atoms. The molecule has 0 radical (unpaired) electrons. The van der Waals surface area contributed by atoms with Gasteiger partial charge in [0.1, 0.15) is 16.1 Å². The predicted octanol–water partition coefficient (Wildman–Crippen LogP) is 4.46. The van der Waals surface area contributed by atoms with E-state index in [-0.39, 0.29) is 41.2 Å². The number of aromatic nitrogens is 2. The minimum Gasteiger partial charge on any atom is -0.591 e. The summed E-state index contributed by atoms with van der Waals surface area (Å²) in [5.74, 6) is -2.74. The van der Waals surface area contributed by atoms with Gasteiger partial charge in [0.05, 0.1) is 22.2 Å². The van der Waals surface area contributed by atoms with Crippen LogP contribution in [-0.2, 0) is 24.6 Å². The molecule has 0 saturated carbocycles. The molecule has 0 amide bonds. The Morgan fingerprint density at radius 2 is 1.76 bits per heavy atom. The van der Waals surface area contributed by atoms with Gasteiger partial charge in [0.25, 0.3) is 11.5 Å². The smallest absolute Gasteiger partial charge is 0.416 e. The minimum absolute atomic E-state index is 0.0243. The van der Waals surface area contributed by atoms with E-state index in [1.54, 1.807) is 20.8 Å². The van der Waals surface area contributed by atoms with E-state index in [1.165, 1.54) is 18.9 Å². The molecule has 0 N–H and O–H groups in total. The van der Waals surface area contributed by atoms with Crippen LogP contribution in [0.1, 0.15) is 51.7 Å². The second-order valence-electron chi connectivity index (χ2n) is 9.07. The van der Waals surface area contributed by atoms with Crippen LogP contribution in [0.5, 0.6) is 0 Å². The summed E-state index contributed by atoms with van der Waals surface area (Å²) < 4.78 is 84.8. The molecule has 0 bridgehead atoms. The lowest BCUT2D eigenvalue weighted by Gasteiger charge is -2.33. The van der Waals surface area contributed by atoms with Crippen molar-refractivity contribution >= 4 is 33.9 Å². The molecular weight excluding hydrogens is 467 g/mol. The molecule has 1 aliphatic rings. The van der Waals surface area contributed by atoms with Gasteiger partial charge in [-0.3, -0.25) is 9.36 Å². The highest BCUT2D eigenvalue weighted by atomic mass is 32.2. The predicted molar refractivity (Wildman–Crippen MR) is 118 cm³/mol. The third kappa shape index (κ3) is 5.32. The summed E-state index contributed by atoms with van der Waals surface area (Å²) in [6.07, 6.45) is -5.59. The molecule has 3 rings (SSSR count). The van der Waals surface area contributed by atoms with Crippen molar-refractivity contribution in [3.05, 3.63) is 33.6 Å². The maximum atomic E-state index is 13.6. The first-order chi connectivity index (χ1) is 15.0. The van der Waals surface area contributed by atoms with Crippen LogP contribution in [0.2, 0.25) is 0 Å². The second kappa shape index (κ2) is 8.53. The van der Waals surface area contributed by atoms with Crippen molar-refractivity contribution in [1.29, 1.82) is 0 Å². The number of hydrogen-bond acceptors (Lipinski definition) is 5. The first kappa shape index (κ1) is 25.4. The highest BCUT2D eigenvalue weighted by Gasteiger charge is 2.36. The summed E-state index contributed by atoms with van der Waals surface area (Å²) in [6, 6.07) is 1.54. The van der Waals surface area contributed by atoms with Crippen LogP contribution in [0.15, 0.2) is 21.3 Å². The number of benzene rings is 1. The number of nitrogens with zero attached hydrogens (tertiary/aromatic N) is 4. The van der Waals surface area contributed by atoms with Gasteiger partial charge in [-0.05, 0) is 39.8 Å². The molecule has 0 spiro atoms. The van der Waals surface area contributed by atoms with E-state index in [1.807, 2.05) is 0 Å². The van der Waals surface area contributed by atoms with Gasteiger partial charge in [-0.1, -0.05) is 4.40 Å². The highest BCUT2D eigenvalue weighted by molar-refractivity contribution is 7.91. The van der Waals surface area contributed by atoms with Crippen LogP contribution in [0, 0.1) is 0 Å². The van der Waals surface area contributed by atoms with Crippen molar-refractivity contribution < 1.29 is 26.5 Å². The zero-order valence-electron chi connectivity index (χ0n) is 18.9. The van der Waals surface area contributed by atoms with Gasteiger partial charge in [-0.15, -0.1) is 0 Å². The van der Waals surface area contributed by atoms with Gasteiger partial charge in [0, 0.05) is 38.5 Å². The fraction of sp³-hybridized carbons (Fsp3) is 0.571. The molecule has 0 aliphatic carbocycles. The molecule has 2 aromatic rings. The Balaban J connectivity index is 2.26. The maximum absolute atomic E-state index is 13.6. The topological polar surface area (TPSA) is 73.6 Å². The molecule has 182 valence electrons. The summed E-state index contributed by atoms with van der Waals surface area (Å²) in [5.41, 5.74) is -1.92. The van der Waals surface area contributed by atoms with Gasteiger partial charge < -0.3 is 9.45 Å². The van der Waals surface area contributed by atoms with Crippen LogP contribution in [0.3, 0.4) is 0 Å². The Labute approximate surface area is 190 Å². The summed E-state index contributed by atoms with van der Waals surface area (Å²) in [4.78, 5) is 19.0. The Morgan fingerprint density at radius 1 is 1.18 bits per heavy atom. The summed E-state index contributed by atoms with van der Waals surface area (Å²) >= 11 is -1.76. The van der Waals surface area contributed by atoms with Crippen molar-refractivity contribution in [3.63, 3.8) is 0 Å². The molecular formula is C21H25F5N4O2S. The lowest BCUT2D eigenvalue weighted by atomic mass is 10.0. The van der Waals surface area contributed by atoms with E-state index in [0.29, 0.717) is 0 Å². The van der Waals surface area contributed by atoms with Crippen LogP contribution >= 0.6 is 0 Å². The fourth-order valence-electron chi connectivity index (χ4n) is 3.43. The number of hydrogen-bond donors (Lipinski definition) is 0. The fourth-order valence-corrected chi connectivity index (χ4v) is 4.05. The number of fused-ring (bicyclic) bond motifs is 1. The van der Waals surface area contributed by atoms with E-state index in [9.17, 15) is 31.3 Å².